The van der Waals surface area contributed by atoms with Crippen LogP contribution in [0.2, 0.25) is 0 Å². The van der Waals surface area contributed by atoms with E-state index in [2.05, 4.69) is 21.2 Å². The van der Waals surface area contributed by atoms with E-state index in [1.54, 1.807) is 6.07 Å². The van der Waals surface area contributed by atoms with Crippen molar-refractivity contribution in [3.05, 3.63) is 34.1 Å². The number of amides is 1. The minimum Gasteiger partial charge on any atom is -0.338 e. The Labute approximate surface area is 114 Å². The van der Waals surface area contributed by atoms with Crippen LogP contribution in [0.3, 0.4) is 0 Å². The van der Waals surface area contributed by atoms with Crippen LogP contribution in [0.1, 0.15) is 16.8 Å². The van der Waals surface area contributed by atoms with Crippen LogP contribution in [-0.4, -0.2) is 37.5 Å². The highest BCUT2D eigenvalue weighted by molar-refractivity contribution is 9.10. The third-order valence-corrected chi connectivity index (χ3v) is 3.84. The highest BCUT2D eigenvalue weighted by atomic mass is 79.9. The molecule has 1 unspecified atom stereocenters. The summed E-state index contributed by atoms with van der Waals surface area (Å²) in [4.78, 5) is 14.1. The van der Waals surface area contributed by atoms with Gasteiger partial charge in [0.1, 0.15) is 5.82 Å². The van der Waals surface area contributed by atoms with Gasteiger partial charge in [-0.1, -0.05) is 0 Å². The molecule has 1 N–H and O–H groups in total. The van der Waals surface area contributed by atoms with Gasteiger partial charge >= 0.3 is 0 Å². The minimum absolute atomic E-state index is 0.0192. The van der Waals surface area contributed by atoms with Crippen molar-refractivity contribution in [2.75, 3.05) is 26.7 Å². The Balaban J connectivity index is 2.05. The van der Waals surface area contributed by atoms with Crippen molar-refractivity contribution in [3.8, 4) is 0 Å². The van der Waals surface area contributed by atoms with E-state index in [0.717, 1.165) is 26.1 Å². The van der Waals surface area contributed by atoms with Crippen molar-refractivity contribution >= 4 is 21.8 Å². The first-order chi connectivity index (χ1) is 8.61. The fraction of sp³-hybridized carbons (Fsp3) is 0.462. The van der Waals surface area contributed by atoms with E-state index in [0.29, 0.717) is 16.0 Å². The van der Waals surface area contributed by atoms with Crippen molar-refractivity contribution in [2.24, 2.45) is 5.92 Å². The number of carbonyl (C=O) groups excluding carboxylic acids is 1. The molecule has 1 aliphatic rings. The smallest absolute Gasteiger partial charge is 0.253 e. The first kappa shape index (κ1) is 13.5. The molecule has 1 amide bonds. The number of halogens is 2. The van der Waals surface area contributed by atoms with Crippen LogP contribution in [-0.2, 0) is 0 Å². The summed E-state index contributed by atoms with van der Waals surface area (Å²) in [6.07, 6.45) is 1.02. The van der Waals surface area contributed by atoms with Gasteiger partial charge in [-0.25, -0.2) is 4.39 Å². The largest absolute Gasteiger partial charge is 0.338 e. The predicted molar refractivity (Wildman–Crippen MR) is 72.0 cm³/mol. The molecule has 1 aromatic carbocycles. The van der Waals surface area contributed by atoms with Crippen LogP contribution in [0.5, 0.6) is 0 Å². The summed E-state index contributed by atoms with van der Waals surface area (Å²) in [6.45, 7) is 2.48. The third kappa shape index (κ3) is 2.90. The molecule has 0 aliphatic carbocycles. The van der Waals surface area contributed by atoms with Gasteiger partial charge in [0.2, 0.25) is 0 Å². The normalized spacial score (nSPS) is 19.3. The molecule has 0 bridgehead atoms. The standard InChI is InChI=1S/C13H16BrFN2O/c1-16-7-9-4-5-17(8-9)13(18)10-2-3-12(15)11(14)6-10/h2-3,6,9,16H,4-5,7-8H2,1H3. The summed E-state index contributed by atoms with van der Waals surface area (Å²) < 4.78 is 13.5. The van der Waals surface area contributed by atoms with Crippen molar-refractivity contribution in [1.29, 1.82) is 0 Å². The molecular weight excluding hydrogens is 299 g/mol. The third-order valence-electron chi connectivity index (χ3n) is 3.23. The molecule has 3 nitrogen and oxygen atoms in total. The lowest BCUT2D eigenvalue weighted by Crippen LogP contribution is -2.30. The van der Waals surface area contributed by atoms with Gasteiger partial charge in [0, 0.05) is 18.7 Å². The van der Waals surface area contributed by atoms with Crippen molar-refractivity contribution in [1.82, 2.24) is 10.2 Å². The van der Waals surface area contributed by atoms with Gasteiger partial charge in [-0.3, -0.25) is 4.79 Å². The summed E-state index contributed by atoms with van der Waals surface area (Å²) in [6, 6.07) is 4.40. The van der Waals surface area contributed by atoms with Gasteiger partial charge in [0.25, 0.3) is 5.91 Å². The number of nitrogens with one attached hydrogen (secondary N) is 1. The average Bonchev–Trinajstić information content (AvgIpc) is 2.81. The molecule has 0 radical (unpaired) electrons. The number of benzene rings is 1. The minimum atomic E-state index is -0.346. The lowest BCUT2D eigenvalue weighted by Gasteiger charge is -2.16. The molecule has 1 aliphatic heterocycles. The number of nitrogens with zero attached hydrogens (tertiary/aromatic N) is 1. The molecule has 18 heavy (non-hydrogen) atoms. The molecule has 5 heteroatoms. The topological polar surface area (TPSA) is 32.3 Å². The van der Waals surface area contributed by atoms with E-state index in [4.69, 9.17) is 0 Å². The molecule has 1 fully saturated rings. The molecule has 1 atom stereocenters. The van der Waals surface area contributed by atoms with Gasteiger partial charge in [-0.05, 0) is 60.1 Å². The maximum atomic E-state index is 13.1. The quantitative estimate of drug-likeness (QED) is 0.928. The second-order valence-corrected chi connectivity index (χ2v) is 5.45. The summed E-state index contributed by atoms with van der Waals surface area (Å²) in [5.41, 5.74) is 0.536. The SMILES string of the molecule is CNCC1CCN(C(=O)c2ccc(F)c(Br)c2)C1. The zero-order valence-corrected chi connectivity index (χ0v) is 11.8. The number of rotatable bonds is 3. The Morgan fingerprint density at radius 1 is 1.61 bits per heavy atom. The summed E-state index contributed by atoms with van der Waals surface area (Å²) >= 11 is 3.10. The molecule has 0 saturated carbocycles. The zero-order chi connectivity index (χ0) is 13.1. The number of hydrogen-bond donors (Lipinski definition) is 1. The molecule has 1 heterocycles. The molecule has 98 valence electrons. The molecular formula is C13H16BrFN2O. The van der Waals surface area contributed by atoms with E-state index >= 15 is 0 Å². The van der Waals surface area contributed by atoms with Crippen LogP contribution < -0.4 is 5.32 Å². The Morgan fingerprint density at radius 2 is 2.39 bits per heavy atom. The van der Waals surface area contributed by atoms with E-state index in [9.17, 15) is 9.18 Å². The summed E-state index contributed by atoms with van der Waals surface area (Å²) in [5, 5.41) is 3.13. The first-order valence-electron chi connectivity index (χ1n) is 6.00. The van der Waals surface area contributed by atoms with Gasteiger partial charge in [-0.2, -0.15) is 0 Å². The zero-order valence-electron chi connectivity index (χ0n) is 10.2. The van der Waals surface area contributed by atoms with Crippen molar-refractivity contribution in [3.63, 3.8) is 0 Å². The van der Waals surface area contributed by atoms with Gasteiger partial charge in [0.15, 0.2) is 0 Å². The van der Waals surface area contributed by atoms with Crippen LogP contribution >= 0.6 is 15.9 Å². The molecule has 0 aromatic heterocycles. The van der Waals surface area contributed by atoms with Gasteiger partial charge < -0.3 is 10.2 Å². The van der Waals surface area contributed by atoms with E-state index < -0.39 is 0 Å². The number of likely N-dealkylation sites (tertiary alicyclic amines) is 1. The molecule has 0 spiro atoms. The second kappa shape index (κ2) is 5.80. The lowest BCUT2D eigenvalue weighted by atomic mass is 10.1. The molecule has 2 rings (SSSR count). The Kier molecular flexibility index (Phi) is 4.35. The highest BCUT2D eigenvalue weighted by Crippen LogP contribution is 2.21. The van der Waals surface area contributed by atoms with Crippen molar-refractivity contribution < 1.29 is 9.18 Å². The molecule has 1 saturated heterocycles. The molecule has 1 aromatic rings. The maximum absolute atomic E-state index is 13.1. The van der Waals surface area contributed by atoms with E-state index in [1.807, 2.05) is 11.9 Å². The van der Waals surface area contributed by atoms with E-state index in [1.165, 1.54) is 12.1 Å². The Bertz CT molecular complexity index is 453. The van der Waals surface area contributed by atoms with Gasteiger partial charge in [-0.15, -0.1) is 0 Å². The van der Waals surface area contributed by atoms with Crippen LogP contribution in [0.4, 0.5) is 4.39 Å². The van der Waals surface area contributed by atoms with Crippen LogP contribution in [0.25, 0.3) is 0 Å². The number of carbonyl (C=O) groups is 1. The Hall–Kier alpha value is -0.940. The summed E-state index contributed by atoms with van der Waals surface area (Å²) in [7, 11) is 1.92. The van der Waals surface area contributed by atoms with Crippen molar-refractivity contribution in [2.45, 2.75) is 6.42 Å². The summed E-state index contributed by atoms with van der Waals surface area (Å²) in [5.74, 6) is 0.151. The van der Waals surface area contributed by atoms with Crippen LogP contribution in [0, 0.1) is 11.7 Å². The number of hydrogen-bond acceptors (Lipinski definition) is 2. The highest BCUT2D eigenvalue weighted by Gasteiger charge is 2.26. The average molecular weight is 315 g/mol. The van der Waals surface area contributed by atoms with Crippen LogP contribution in [0.15, 0.2) is 22.7 Å². The van der Waals surface area contributed by atoms with Gasteiger partial charge in [0.05, 0.1) is 4.47 Å². The maximum Gasteiger partial charge on any atom is 0.253 e. The predicted octanol–water partition coefficient (Wildman–Crippen LogP) is 2.27. The first-order valence-corrected chi connectivity index (χ1v) is 6.80. The monoisotopic (exact) mass is 314 g/mol. The second-order valence-electron chi connectivity index (χ2n) is 4.59. The fourth-order valence-electron chi connectivity index (χ4n) is 2.28. The Morgan fingerprint density at radius 3 is 3.06 bits per heavy atom. The van der Waals surface area contributed by atoms with E-state index in [-0.39, 0.29) is 11.7 Å². The lowest BCUT2D eigenvalue weighted by molar-refractivity contribution is 0.0787. The fourth-order valence-corrected chi connectivity index (χ4v) is 2.66.